The topological polar surface area (TPSA) is 95.4 Å². The summed E-state index contributed by atoms with van der Waals surface area (Å²) in [4.78, 5) is 35.2. The third-order valence-corrected chi connectivity index (χ3v) is 7.63. The fourth-order valence-electron chi connectivity index (χ4n) is 5.45. The van der Waals surface area contributed by atoms with E-state index in [0.29, 0.717) is 0 Å². The Morgan fingerprint density at radius 1 is 1.25 bits per heavy atom. The van der Waals surface area contributed by atoms with Crippen LogP contribution in [0, 0.1) is 5.82 Å². The second kappa shape index (κ2) is 10.4. The molecule has 2 aromatic rings. The van der Waals surface area contributed by atoms with Gasteiger partial charge in [0.1, 0.15) is 40.3 Å². The van der Waals surface area contributed by atoms with Gasteiger partial charge in [-0.2, -0.15) is 0 Å². The standard InChI is InChI=1S/C26H25ClF4N4O5/c1-3-18(37)33-7-8-34-14(10-33)12-39-23-20(25(34)38)24(35-11-15(9-13(35)2)40-26(29,30)31)32-22(21(23)27)19-16(28)5-4-6-17(19)36/h3-6,13-15,36H,1,7-12H2,2H3/t13-,14+,15?/m0/s1. The number of nitrogens with zero attached hydrogens (tertiary/aromatic N) is 4. The van der Waals surface area contributed by atoms with E-state index in [-0.39, 0.29) is 78.5 Å². The molecule has 214 valence electrons. The van der Waals surface area contributed by atoms with Crippen LogP contribution in [0.15, 0.2) is 30.9 Å². The Hall–Kier alpha value is -3.58. The van der Waals surface area contributed by atoms with E-state index in [0.717, 1.165) is 6.07 Å². The number of alkyl halides is 3. The van der Waals surface area contributed by atoms with Crippen molar-refractivity contribution in [3.63, 3.8) is 0 Å². The van der Waals surface area contributed by atoms with Crippen molar-refractivity contribution in [2.75, 3.05) is 37.7 Å². The number of rotatable bonds is 4. The van der Waals surface area contributed by atoms with Crippen molar-refractivity contribution >= 4 is 29.2 Å². The zero-order valence-corrected chi connectivity index (χ0v) is 22.0. The number of hydrogen-bond donors (Lipinski definition) is 1. The molecule has 1 unspecified atom stereocenters. The summed E-state index contributed by atoms with van der Waals surface area (Å²) in [7, 11) is 0. The second-order valence-corrected chi connectivity index (χ2v) is 10.2. The molecule has 1 N–H and O–H groups in total. The zero-order valence-electron chi connectivity index (χ0n) is 21.3. The number of hydrogen-bond acceptors (Lipinski definition) is 7. The first-order valence-corrected chi connectivity index (χ1v) is 12.8. The number of carbonyl (C=O) groups excluding carboxylic acids is 2. The number of aromatic nitrogens is 1. The molecule has 0 radical (unpaired) electrons. The third-order valence-electron chi connectivity index (χ3n) is 7.28. The summed E-state index contributed by atoms with van der Waals surface area (Å²) < 4.78 is 64.3. The fourth-order valence-corrected chi connectivity index (χ4v) is 5.73. The van der Waals surface area contributed by atoms with E-state index >= 15 is 0 Å². The van der Waals surface area contributed by atoms with E-state index in [4.69, 9.17) is 16.3 Å². The van der Waals surface area contributed by atoms with Crippen molar-refractivity contribution in [1.29, 1.82) is 0 Å². The summed E-state index contributed by atoms with van der Waals surface area (Å²) >= 11 is 6.67. The van der Waals surface area contributed by atoms with Crippen molar-refractivity contribution < 1.29 is 41.7 Å². The van der Waals surface area contributed by atoms with E-state index in [1.807, 2.05) is 0 Å². The normalized spacial score (nSPS) is 22.9. The highest BCUT2D eigenvalue weighted by Gasteiger charge is 2.44. The lowest BCUT2D eigenvalue weighted by Gasteiger charge is -2.39. The molecule has 2 amide bonds. The number of piperazine rings is 1. The maximum Gasteiger partial charge on any atom is 0.522 e. The van der Waals surface area contributed by atoms with Crippen LogP contribution < -0.4 is 9.64 Å². The van der Waals surface area contributed by atoms with Gasteiger partial charge in [0.2, 0.25) is 5.91 Å². The monoisotopic (exact) mass is 584 g/mol. The Morgan fingerprint density at radius 2 is 2.00 bits per heavy atom. The van der Waals surface area contributed by atoms with Crippen LogP contribution >= 0.6 is 11.6 Å². The molecule has 3 aliphatic heterocycles. The molecular weight excluding hydrogens is 560 g/mol. The molecule has 3 atom stereocenters. The van der Waals surface area contributed by atoms with Gasteiger partial charge < -0.3 is 24.5 Å². The third kappa shape index (κ3) is 5.03. The molecule has 5 rings (SSSR count). The van der Waals surface area contributed by atoms with Crippen LogP contribution in [0.4, 0.5) is 23.4 Å². The van der Waals surface area contributed by atoms with E-state index in [1.54, 1.807) is 6.92 Å². The van der Waals surface area contributed by atoms with Gasteiger partial charge in [-0.25, -0.2) is 9.37 Å². The lowest BCUT2D eigenvalue weighted by atomic mass is 10.0. The van der Waals surface area contributed by atoms with Crippen LogP contribution in [-0.4, -0.2) is 89.0 Å². The molecule has 2 fully saturated rings. The molecule has 3 aliphatic rings. The van der Waals surface area contributed by atoms with Crippen LogP contribution in [-0.2, 0) is 9.53 Å². The van der Waals surface area contributed by atoms with Gasteiger partial charge in [0.25, 0.3) is 5.91 Å². The minimum absolute atomic E-state index is 0.0289. The van der Waals surface area contributed by atoms with Gasteiger partial charge in [-0.05, 0) is 31.6 Å². The highest BCUT2D eigenvalue weighted by molar-refractivity contribution is 6.35. The first-order valence-electron chi connectivity index (χ1n) is 12.5. The summed E-state index contributed by atoms with van der Waals surface area (Å²) in [6.45, 7) is 5.30. The maximum absolute atomic E-state index is 15.0. The molecule has 0 aliphatic carbocycles. The largest absolute Gasteiger partial charge is 0.522 e. The first-order chi connectivity index (χ1) is 18.9. The van der Waals surface area contributed by atoms with Gasteiger partial charge in [0.05, 0.1) is 17.7 Å². The minimum atomic E-state index is -4.87. The first kappa shape index (κ1) is 28.0. The predicted octanol–water partition coefficient (Wildman–Crippen LogP) is 3.98. The van der Waals surface area contributed by atoms with Gasteiger partial charge in [0.15, 0.2) is 5.75 Å². The Bertz CT molecular complexity index is 1350. The number of ether oxygens (including phenoxy) is 2. The minimum Gasteiger partial charge on any atom is -0.507 e. The molecule has 0 saturated carbocycles. The second-order valence-electron chi connectivity index (χ2n) is 9.81. The van der Waals surface area contributed by atoms with Crippen molar-refractivity contribution in [3.8, 4) is 22.8 Å². The highest BCUT2D eigenvalue weighted by atomic mass is 35.5. The quantitative estimate of drug-likeness (QED) is 0.429. The number of amides is 2. The summed E-state index contributed by atoms with van der Waals surface area (Å²) in [5.74, 6) is -2.42. The Morgan fingerprint density at radius 3 is 2.67 bits per heavy atom. The van der Waals surface area contributed by atoms with Crippen molar-refractivity contribution in [3.05, 3.63) is 47.3 Å². The average molecular weight is 585 g/mol. The van der Waals surface area contributed by atoms with E-state index in [9.17, 15) is 32.3 Å². The number of halogens is 5. The van der Waals surface area contributed by atoms with Crippen LogP contribution in [0.2, 0.25) is 5.02 Å². The number of carbonyl (C=O) groups is 2. The van der Waals surface area contributed by atoms with E-state index in [2.05, 4.69) is 16.3 Å². The number of pyridine rings is 1. The zero-order chi connectivity index (χ0) is 28.9. The van der Waals surface area contributed by atoms with Crippen LogP contribution in [0.25, 0.3) is 11.3 Å². The molecule has 0 bridgehead atoms. The molecule has 0 spiro atoms. The van der Waals surface area contributed by atoms with Gasteiger partial charge in [0, 0.05) is 32.2 Å². The fraction of sp³-hybridized carbons (Fsp3) is 0.423. The van der Waals surface area contributed by atoms with Gasteiger partial charge in [-0.1, -0.05) is 24.2 Å². The van der Waals surface area contributed by atoms with Crippen LogP contribution in [0.5, 0.6) is 11.5 Å². The van der Waals surface area contributed by atoms with Gasteiger partial charge in [-0.15, -0.1) is 13.2 Å². The molecule has 2 saturated heterocycles. The number of phenolic OH excluding ortho intramolecular Hbond substituents is 1. The molecule has 1 aromatic heterocycles. The number of aromatic hydroxyl groups is 1. The summed E-state index contributed by atoms with van der Waals surface area (Å²) in [5, 5.41) is 10.2. The average Bonchev–Trinajstić information content (AvgIpc) is 3.17. The molecule has 14 heteroatoms. The Kier molecular flexibility index (Phi) is 7.29. The van der Waals surface area contributed by atoms with Crippen molar-refractivity contribution in [2.24, 2.45) is 0 Å². The van der Waals surface area contributed by atoms with Crippen molar-refractivity contribution in [1.82, 2.24) is 14.8 Å². The van der Waals surface area contributed by atoms with E-state index < -0.39 is 42.0 Å². The van der Waals surface area contributed by atoms with Crippen molar-refractivity contribution in [2.45, 2.75) is 37.9 Å². The smallest absolute Gasteiger partial charge is 0.507 e. The maximum atomic E-state index is 15.0. The summed E-state index contributed by atoms with van der Waals surface area (Å²) in [6.07, 6.45) is -4.98. The number of phenols is 1. The van der Waals surface area contributed by atoms with Gasteiger partial charge in [-0.3, -0.25) is 14.3 Å². The van der Waals surface area contributed by atoms with E-state index in [1.165, 1.54) is 32.9 Å². The molecule has 40 heavy (non-hydrogen) atoms. The molecule has 4 heterocycles. The summed E-state index contributed by atoms with van der Waals surface area (Å²) in [5.41, 5.74) is -0.697. The predicted molar refractivity (Wildman–Crippen MR) is 136 cm³/mol. The number of fused-ring (bicyclic) bond motifs is 2. The Balaban J connectivity index is 1.64. The molecular formula is C26H25ClF4N4O5. The molecule has 9 nitrogen and oxygen atoms in total. The lowest BCUT2D eigenvalue weighted by Crippen LogP contribution is -2.57. The van der Waals surface area contributed by atoms with Crippen LogP contribution in [0.1, 0.15) is 23.7 Å². The summed E-state index contributed by atoms with van der Waals surface area (Å²) in [6, 6.07) is 2.44. The van der Waals surface area contributed by atoms with Crippen LogP contribution in [0.3, 0.4) is 0 Å². The van der Waals surface area contributed by atoms with Gasteiger partial charge >= 0.3 is 6.36 Å². The molecule has 1 aromatic carbocycles. The SMILES string of the molecule is C=CC(=O)N1CCN2C(=O)c3c(N4CC(OC(F)(F)F)C[C@@H]4C)nc(-c4c(O)cccc4F)c(Cl)c3OC[C@H]2C1. The lowest BCUT2D eigenvalue weighted by molar-refractivity contribution is -0.339. The highest BCUT2D eigenvalue weighted by Crippen LogP contribution is 2.47. The Labute approximate surface area is 231 Å². The number of anilines is 1. The number of benzene rings is 1.